The van der Waals surface area contributed by atoms with Crippen LogP contribution in [0.25, 0.3) is 0 Å². The van der Waals surface area contributed by atoms with Gasteiger partial charge in [-0.05, 0) is 45.9 Å². The van der Waals surface area contributed by atoms with E-state index < -0.39 is 0 Å². The van der Waals surface area contributed by atoms with Crippen LogP contribution in [0.4, 0.5) is 0 Å². The summed E-state index contributed by atoms with van der Waals surface area (Å²) in [5.41, 5.74) is 2.67. The highest BCUT2D eigenvalue weighted by Gasteiger charge is 2.37. The Morgan fingerprint density at radius 1 is 1.37 bits per heavy atom. The van der Waals surface area contributed by atoms with Crippen LogP contribution in [-0.4, -0.2) is 25.3 Å². The standard InChI is InChI=1S/C16H23NO2/c1-10-7-11-8-15(18-4)12(9-14(11)19-10)13-5-6-17-16(13,2)3/h8-10,13,17H,5-7H2,1-4H3. The number of hydrogen-bond acceptors (Lipinski definition) is 3. The lowest BCUT2D eigenvalue weighted by atomic mass is 9.82. The van der Waals surface area contributed by atoms with Gasteiger partial charge in [-0.3, -0.25) is 0 Å². The average molecular weight is 261 g/mol. The molecule has 2 atom stereocenters. The van der Waals surface area contributed by atoms with Gasteiger partial charge >= 0.3 is 0 Å². The Kier molecular flexibility index (Phi) is 2.97. The van der Waals surface area contributed by atoms with Crippen molar-refractivity contribution in [2.24, 2.45) is 0 Å². The zero-order valence-corrected chi connectivity index (χ0v) is 12.2. The molecule has 3 nitrogen and oxygen atoms in total. The molecule has 1 N–H and O–H groups in total. The first-order valence-corrected chi connectivity index (χ1v) is 7.14. The highest BCUT2D eigenvalue weighted by Crippen LogP contribution is 2.44. The number of methoxy groups -OCH3 is 1. The van der Waals surface area contributed by atoms with Crippen LogP contribution in [0.2, 0.25) is 0 Å². The molecule has 1 aromatic rings. The van der Waals surface area contributed by atoms with Gasteiger partial charge in [0.1, 0.15) is 17.6 Å². The third-order valence-electron chi connectivity index (χ3n) is 4.51. The van der Waals surface area contributed by atoms with Gasteiger partial charge < -0.3 is 14.8 Å². The van der Waals surface area contributed by atoms with Crippen molar-refractivity contribution in [2.75, 3.05) is 13.7 Å². The Bertz CT molecular complexity index is 496. The molecule has 3 rings (SSSR count). The molecule has 19 heavy (non-hydrogen) atoms. The van der Waals surface area contributed by atoms with Gasteiger partial charge in [0, 0.05) is 29.0 Å². The van der Waals surface area contributed by atoms with Crippen molar-refractivity contribution in [3.8, 4) is 11.5 Å². The van der Waals surface area contributed by atoms with E-state index in [9.17, 15) is 0 Å². The Morgan fingerprint density at radius 3 is 2.79 bits per heavy atom. The zero-order chi connectivity index (χ0) is 13.6. The number of hydrogen-bond donors (Lipinski definition) is 1. The second-order valence-electron chi connectivity index (χ2n) is 6.32. The predicted octanol–water partition coefficient (Wildman–Crippen LogP) is 2.87. The van der Waals surface area contributed by atoms with Gasteiger partial charge in [0.05, 0.1) is 7.11 Å². The van der Waals surface area contributed by atoms with E-state index in [-0.39, 0.29) is 11.6 Å². The van der Waals surface area contributed by atoms with Crippen LogP contribution in [0, 0.1) is 0 Å². The molecule has 3 heteroatoms. The molecular weight excluding hydrogens is 238 g/mol. The fourth-order valence-corrected chi connectivity index (χ4v) is 3.47. The average Bonchev–Trinajstić information content (AvgIpc) is 2.87. The maximum atomic E-state index is 5.90. The molecule has 0 amide bonds. The van der Waals surface area contributed by atoms with Crippen LogP contribution in [0.5, 0.6) is 11.5 Å². The monoisotopic (exact) mass is 261 g/mol. The molecule has 104 valence electrons. The predicted molar refractivity (Wildman–Crippen MR) is 76.2 cm³/mol. The first-order valence-electron chi connectivity index (χ1n) is 7.14. The molecular formula is C16H23NO2. The summed E-state index contributed by atoms with van der Waals surface area (Å²) in [6.45, 7) is 7.71. The van der Waals surface area contributed by atoms with Crippen LogP contribution < -0.4 is 14.8 Å². The van der Waals surface area contributed by atoms with Crippen molar-refractivity contribution < 1.29 is 9.47 Å². The van der Waals surface area contributed by atoms with Gasteiger partial charge in [-0.2, -0.15) is 0 Å². The first-order chi connectivity index (χ1) is 9.01. The minimum atomic E-state index is 0.117. The molecule has 0 spiro atoms. The maximum Gasteiger partial charge on any atom is 0.123 e. The molecule has 0 aromatic heterocycles. The van der Waals surface area contributed by atoms with E-state index in [1.165, 1.54) is 11.1 Å². The number of benzene rings is 1. The molecule has 1 aromatic carbocycles. The summed E-state index contributed by atoms with van der Waals surface area (Å²) in [6.07, 6.45) is 2.42. The van der Waals surface area contributed by atoms with Crippen LogP contribution in [-0.2, 0) is 6.42 Å². The van der Waals surface area contributed by atoms with Crippen LogP contribution >= 0.6 is 0 Å². The van der Waals surface area contributed by atoms with Crippen LogP contribution in [0.1, 0.15) is 44.2 Å². The summed E-state index contributed by atoms with van der Waals surface area (Å²) in [6, 6.07) is 4.37. The molecule has 2 aliphatic heterocycles. The third kappa shape index (κ3) is 2.10. The Hall–Kier alpha value is -1.22. The van der Waals surface area contributed by atoms with E-state index in [0.717, 1.165) is 30.9 Å². The summed E-state index contributed by atoms with van der Waals surface area (Å²) in [5, 5.41) is 3.58. The SMILES string of the molecule is COc1cc2c(cc1C1CCNC1(C)C)OC(C)C2. The summed E-state index contributed by atoms with van der Waals surface area (Å²) in [5.74, 6) is 2.54. The van der Waals surface area contributed by atoms with Gasteiger partial charge in [0.2, 0.25) is 0 Å². The molecule has 2 unspecified atom stereocenters. The zero-order valence-electron chi connectivity index (χ0n) is 12.2. The fraction of sp³-hybridized carbons (Fsp3) is 0.625. The molecule has 0 radical (unpaired) electrons. The van der Waals surface area contributed by atoms with E-state index in [0.29, 0.717) is 5.92 Å². The van der Waals surface area contributed by atoms with E-state index in [2.05, 4.69) is 38.2 Å². The lowest BCUT2D eigenvalue weighted by Gasteiger charge is -2.29. The van der Waals surface area contributed by atoms with E-state index >= 15 is 0 Å². The minimum absolute atomic E-state index is 0.117. The Morgan fingerprint density at radius 2 is 2.16 bits per heavy atom. The van der Waals surface area contributed by atoms with Crippen molar-refractivity contribution >= 4 is 0 Å². The second kappa shape index (κ2) is 4.41. The van der Waals surface area contributed by atoms with Crippen LogP contribution in [0.15, 0.2) is 12.1 Å². The second-order valence-corrected chi connectivity index (χ2v) is 6.32. The molecule has 0 saturated carbocycles. The maximum absolute atomic E-state index is 5.90. The van der Waals surface area contributed by atoms with Crippen molar-refractivity contribution in [1.29, 1.82) is 0 Å². The van der Waals surface area contributed by atoms with E-state index in [4.69, 9.17) is 9.47 Å². The number of ether oxygens (including phenoxy) is 2. The number of rotatable bonds is 2. The van der Waals surface area contributed by atoms with E-state index in [1.54, 1.807) is 7.11 Å². The smallest absolute Gasteiger partial charge is 0.123 e. The number of nitrogens with one attached hydrogen (secondary N) is 1. The van der Waals surface area contributed by atoms with Crippen molar-refractivity contribution in [1.82, 2.24) is 5.32 Å². The number of fused-ring (bicyclic) bond motifs is 1. The molecule has 0 bridgehead atoms. The molecule has 1 saturated heterocycles. The quantitative estimate of drug-likeness (QED) is 0.888. The normalized spacial score (nSPS) is 28.0. The Balaban J connectivity index is 2.04. The molecule has 1 fully saturated rings. The third-order valence-corrected chi connectivity index (χ3v) is 4.51. The van der Waals surface area contributed by atoms with Gasteiger partial charge in [-0.15, -0.1) is 0 Å². The molecule has 2 heterocycles. The fourth-order valence-electron chi connectivity index (χ4n) is 3.47. The van der Waals surface area contributed by atoms with Gasteiger partial charge in [-0.1, -0.05) is 0 Å². The highest BCUT2D eigenvalue weighted by molar-refractivity contribution is 5.51. The summed E-state index contributed by atoms with van der Waals surface area (Å²) >= 11 is 0. The lowest BCUT2D eigenvalue weighted by Crippen LogP contribution is -2.37. The lowest BCUT2D eigenvalue weighted by molar-refractivity contribution is 0.254. The summed E-state index contributed by atoms with van der Waals surface area (Å²) < 4.78 is 11.5. The largest absolute Gasteiger partial charge is 0.496 e. The topological polar surface area (TPSA) is 30.5 Å². The first kappa shape index (κ1) is 12.8. The van der Waals surface area contributed by atoms with Gasteiger partial charge in [0.15, 0.2) is 0 Å². The van der Waals surface area contributed by atoms with Crippen molar-refractivity contribution in [2.45, 2.75) is 51.2 Å². The van der Waals surface area contributed by atoms with Gasteiger partial charge in [0.25, 0.3) is 0 Å². The van der Waals surface area contributed by atoms with E-state index in [1.807, 2.05) is 0 Å². The molecule has 2 aliphatic rings. The minimum Gasteiger partial charge on any atom is -0.496 e. The molecule has 0 aliphatic carbocycles. The van der Waals surface area contributed by atoms with Crippen molar-refractivity contribution in [3.63, 3.8) is 0 Å². The van der Waals surface area contributed by atoms with Gasteiger partial charge in [-0.25, -0.2) is 0 Å². The summed E-state index contributed by atoms with van der Waals surface area (Å²) in [4.78, 5) is 0. The Labute approximate surface area is 115 Å². The van der Waals surface area contributed by atoms with Crippen molar-refractivity contribution in [3.05, 3.63) is 23.3 Å². The summed E-state index contributed by atoms with van der Waals surface area (Å²) in [7, 11) is 1.76. The highest BCUT2D eigenvalue weighted by atomic mass is 16.5. The van der Waals surface area contributed by atoms with Crippen LogP contribution in [0.3, 0.4) is 0 Å².